The summed E-state index contributed by atoms with van der Waals surface area (Å²) < 4.78 is 12.9. The number of benzene rings is 2. The van der Waals surface area contributed by atoms with Crippen molar-refractivity contribution in [2.45, 2.75) is 69.0 Å². The maximum atomic E-state index is 13.4. The molecule has 144 valence electrons. The fourth-order valence-corrected chi connectivity index (χ4v) is 5.71. The molecule has 0 radical (unpaired) electrons. The molecule has 1 N–H and O–H groups in total. The van der Waals surface area contributed by atoms with Crippen LogP contribution < -0.4 is 14.8 Å². The molecule has 1 unspecified atom stereocenters. The van der Waals surface area contributed by atoms with Crippen molar-refractivity contribution in [1.82, 2.24) is 0 Å². The summed E-state index contributed by atoms with van der Waals surface area (Å²) in [7, 11) is 0. The molecule has 0 saturated heterocycles. The summed E-state index contributed by atoms with van der Waals surface area (Å²) in [4.78, 5) is 13.4. The molecule has 1 fully saturated rings. The molecule has 4 nitrogen and oxygen atoms in total. The van der Waals surface area contributed by atoms with Gasteiger partial charge in [0.05, 0.1) is 0 Å². The first-order chi connectivity index (χ1) is 13.4. The van der Waals surface area contributed by atoms with Gasteiger partial charge >= 0.3 is 0 Å². The van der Waals surface area contributed by atoms with Crippen molar-refractivity contribution >= 4 is 11.6 Å². The van der Waals surface area contributed by atoms with Gasteiger partial charge in [-0.1, -0.05) is 18.2 Å². The summed E-state index contributed by atoms with van der Waals surface area (Å²) in [5.41, 5.74) is 3.06. The predicted octanol–water partition coefficient (Wildman–Crippen LogP) is 4.73. The zero-order valence-electron chi connectivity index (χ0n) is 16.4. The number of carbonyl (C=O) groups excluding carboxylic acids is 1. The van der Waals surface area contributed by atoms with Gasteiger partial charge < -0.3 is 14.8 Å². The summed E-state index contributed by atoms with van der Waals surface area (Å²) in [6.45, 7) is 4.14. The number of aryl methyl sites for hydroxylation is 1. The number of amides is 1. The van der Waals surface area contributed by atoms with Crippen molar-refractivity contribution in [3.8, 4) is 11.5 Å². The van der Waals surface area contributed by atoms with Crippen LogP contribution >= 0.6 is 0 Å². The van der Waals surface area contributed by atoms with Crippen molar-refractivity contribution in [1.29, 1.82) is 0 Å². The monoisotopic (exact) mass is 375 g/mol. The zero-order valence-corrected chi connectivity index (χ0v) is 16.4. The van der Waals surface area contributed by atoms with Crippen LogP contribution in [0.3, 0.4) is 0 Å². The summed E-state index contributed by atoms with van der Waals surface area (Å²) in [6.07, 6.45) is 6.25. The Morgan fingerprint density at radius 3 is 2.57 bits per heavy atom. The van der Waals surface area contributed by atoms with Crippen LogP contribution in [0.4, 0.5) is 5.69 Å². The van der Waals surface area contributed by atoms with E-state index in [1.807, 2.05) is 18.2 Å². The Morgan fingerprint density at radius 2 is 1.79 bits per heavy atom. The van der Waals surface area contributed by atoms with E-state index in [2.05, 4.69) is 37.4 Å². The molecule has 0 aromatic heterocycles. The lowest BCUT2D eigenvalue weighted by molar-refractivity contribution is -0.122. The topological polar surface area (TPSA) is 47.6 Å². The molecule has 1 atom stereocenters. The third-order valence-electron chi connectivity index (χ3n) is 7.16. The van der Waals surface area contributed by atoms with Crippen LogP contribution in [0.1, 0.15) is 62.6 Å². The van der Waals surface area contributed by atoms with E-state index in [1.165, 1.54) is 12.0 Å². The molecule has 4 aliphatic rings. The first-order valence-corrected chi connectivity index (χ1v) is 10.4. The number of fused-ring (bicyclic) bond motifs is 5. The van der Waals surface area contributed by atoms with E-state index in [1.54, 1.807) is 0 Å². The Kier molecular flexibility index (Phi) is 3.00. The Balaban J connectivity index is 1.56. The minimum Gasteiger partial charge on any atom is -0.487 e. The molecule has 28 heavy (non-hydrogen) atoms. The van der Waals surface area contributed by atoms with Gasteiger partial charge in [-0.05, 0) is 69.2 Å². The van der Waals surface area contributed by atoms with Crippen molar-refractivity contribution in [3.05, 3.63) is 53.1 Å². The molecule has 1 amide bonds. The van der Waals surface area contributed by atoms with Gasteiger partial charge in [-0.25, -0.2) is 0 Å². The van der Waals surface area contributed by atoms with E-state index in [0.29, 0.717) is 6.42 Å². The largest absolute Gasteiger partial charge is 0.487 e. The van der Waals surface area contributed by atoms with E-state index in [-0.39, 0.29) is 11.5 Å². The number of anilines is 1. The number of rotatable bonds is 0. The molecular formula is C24H25NO3. The van der Waals surface area contributed by atoms with Crippen molar-refractivity contribution in [2.75, 3.05) is 5.32 Å². The van der Waals surface area contributed by atoms with Crippen LogP contribution in [0.15, 0.2) is 36.4 Å². The molecule has 3 aliphatic heterocycles. The molecule has 3 heterocycles. The van der Waals surface area contributed by atoms with Gasteiger partial charge in [0.1, 0.15) is 28.1 Å². The second-order valence-corrected chi connectivity index (χ2v) is 9.54. The summed E-state index contributed by atoms with van der Waals surface area (Å²) in [5.74, 6) is 1.79. The van der Waals surface area contributed by atoms with E-state index in [9.17, 15) is 4.79 Å². The Bertz CT molecular complexity index is 1020. The molecule has 2 aromatic rings. The quantitative estimate of drug-likeness (QED) is 0.724. The smallest absolute Gasteiger partial charge is 0.239 e. The number of nitrogens with one attached hydrogen (secondary N) is 1. The minimum atomic E-state index is -0.700. The maximum Gasteiger partial charge on any atom is 0.239 e. The average Bonchev–Trinajstić information content (AvgIpc) is 2.90. The van der Waals surface area contributed by atoms with Gasteiger partial charge in [-0.3, -0.25) is 4.79 Å². The first-order valence-electron chi connectivity index (χ1n) is 10.4. The number of para-hydroxylation sites is 1. The normalized spacial score (nSPS) is 27.7. The van der Waals surface area contributed by atoms with E-state index in [4.69, 9.17) is 9.47 Å². The van der Waals surface area contributed by atoms with Crippen LogP contribution in [0.2, 0.25) is 0 Å². The average molecular weight is 375 g/mol. The van der Waals surface area contributed by atoms with Crippen molar-refractivity contribution < 1.29 is 14.3 Å². The third-order valence-corrected chi connectivity index (χ3v) is 7.16. The predicted molar refractivity (Wildman–Crippen MR) is 107 cm³/mol. The summed E-state index contributed by atoms with van der Waals surface area (Å²) in [6, 6.07) is 12.3. The number of ether oxygens (including phenoxy) is 2. The maximum absolute atomic E-state index is 13.4. The third kappa shape index (κ3) is 2.04. The van der Waals surface area contributed by atoms with Gasteiger partial charge in [0.25, 0.3) is 0 Å². The minimum absolute atomic E-state index is 0.0421. The van der Waals surface area contributed by atoms with Crippen LogP contribution in [-0.2, 0) is 16.6 Å². The molecule has 4 heteroatoms. The highest BCUT2D eigenvalue weighted by molar-refractivity contribution is 6.09. The van der Waals surface area contributed by atoms with Crippen LogP contribution in [0.5, 0.6) is 11.5 Å². The van der Waals surface area contributed by atoms with E-state index in [0.717, 1.165) is 54.0 Å². The fourth-order valence-electron chi connectivity index (χ4n) is 5.71. The van der Waals surface area contributed by atoms with Gasteiger partial charge in [-0.15, -0.1) is 0 Å². The Morgan fingerprint density at radius 1 is 0.964 bits per heavy atom. The molecule has 2 spiro atoms. The number of carbonyl (C=O) groups is 1. The van der Waals surface area contributed by atoms with Crippen LogP contribution in [-0.4, -0.2) is 17.1 Å². The second kappa shape index (κ2) is 5.11. The zero-order chi connectivity index (χ0) is 19.1. The fraction of sp³-hybridized carbons (Fsp3) is 0.458. The summed E-state index contributed by atoms with van der Waals surface area (Å²) >= 11 is 0. The van der Waals surface area contributed by atoms with Crippen LogP contribution in [0, 0.1) is 0 Å². The lowest BCUT2D eigenvalue weighted by Crippen LogP contribution is -2.49. The Labute approximate surface area is 165 Å². The van der Waals surface area contributed by atoms with E-state index < -0.39 is 11.0 Å². The van der Waals surface area contributed by atoms with Crippen molar-refractivity contribution in [3.63, 3.8) is 0 Å². The molecule has 6 rings (SSSR count). The van der Waals surface area contributed by atoms with Gasteiger partial charge in [-0.2, -0.15) is 0 Å². The standard InChI is InChI=1S/C24H25NO3/c1-22(2)14-24(16-6-3-4-7-18(16)25-21(24)26)17-12-15-8-11-23(9-5-10-23)28-19(15)13-20(17)27-22/h3-4,6-7,12-13H,5,8-11,14H2,1-2H3,(H,25,26). The SMILES string of the molecule is CC1(C)CC2(C(=O)Nc3ccccc32)c2cc3c(cc2O1)OC1(CCC1)CC3. The molecule has 0 bridgehead atoms. The van der Waals surface area contributed by atoms with Crippen LogP contribution in [0.25, 0.3) is 0 Å². The Hall–Kier alpha value is -2.49. The first kappa shape index (κ1) is 16.5. The lowest BCUT2D eigenvalue weighted by atomic mass is 9.66. The molecule has 1 aliphatic carbocycles. The highest BCUT2D eigenvalue weighted by Gasteiger charge is 2.56. The van der Waals surface area contributed by atoms with Gasteiger partial charge in [0.15, 0.2) is 0 Å². The number of hydrogen-bond donors (Lipinski definition) is 1. The molecule has 2 aromatic carbocycles. The number of hydrogen-bond acceptors (Lipinski definition) is 3. The molecule has 1 saturated carbocycles. The van der Waals surface area contributed by atoms with Gasteiger partial charge in [0.2, 0.25) is 5.91 Å². The van der Waals surface area contributed by atoms with E-state index >= 15 is 0 Å². The lowest BCUT2D eigenvalue weighted by Gasteiger charge is -2.47. The second-order valence-electron chi connectivity index (χ2n) is 9.54. The highest BCUT2D eigenvalue weighted by Crippen LogP contribution is 2.56. The summed E-state index contributed by atoms with van der Waals surface area (Å²) in [5, 5.41) is 3.12. The highest BCUT2D eigenvalue weighted by atomic mass is 16.5. The molecular weight excluding hydrogens is 350 g/mol. The van der Waals surface area contributed by atoms with Crippen molar-refractivity contribution in [2.24, 2.45) is 0 Å². The van der Waals surface area contributed by atoms with Gasteiger partial charge in [0, 0.05) is 23.7 Å².